The second kappa shape index (κ2) is 5.32. The monoisotopic (exact) mass is 273 g/mol. The lowest BCUT2D eigenvalue weighted by Crippen LogP contribution is -2.15. The summed E-state index contributed by atoms with van der Waals surface area (Å²) in [6, 6.07) is 0. The Balaban J connectivity index is 2.74. The molecular weight excluding hydrogens is 258 g/mol. The highest BCUT2D eigenvalue weighted by Crippen LogP contribution is 2.27. The van der Waals surface area contributed by atoms with Gasteiger partial charge in [0.25, 0.3) is 0 Å². The lowest BCUT2D eigenvalue weighted by Gasteiger charge is -2.13. The Morgan fingerprint density at radius 1 is 1.67 bits per heavy atom. The molecule has 1 heterocycles. The van der Waals surface area contributed by atoms with E-state index in [2.05, 4.69) is 26.2 Å². The summed E-state index contributed by atoms with van der Waals surface area (Å²) in [6.07, 6.45) is 1.63. The fourth-order valence-electron chi connectivity index (χ4n) is 1.05. The number of aliphatic hydroxyl groups is 1. The molecular formula is C10H16BrN3O. The van der Waals surface area contributed by atoms with E-state index >= 15 is 0 Å². The van der Waals surface area contributed by atoms with Gasteiger partial charge >= 0.3 is 0 Å². The zero-order chi connectivity index (χ0) is 11.4. The Hall–Kier alpha value is -0.810. The molecule has 15 heavy (non-hydrogen) atoms. The van der Waals surface area contributed by atoms with Crippen LogP contribution in [0.1, 0.15) is 12.5 Å². The van der Waals surface area contributed by atoms with Crippen molar-refractivity contribution in [2.45, 2.75) is 13.8 Å². The minimum Gasteiger partial charge on any atom is -0.397 e. The Bertz CT molecular complexity index is 344. The molecule has 1 atom stereocenters. The van der Waals surface area contributed by atoms with Crippen molar-refractivity contribution < 1.29 is 5.11 Å². The molecule has 0 saturated carbocycles. The number of nitrogens with two attached hydrogens (primary N) is 1. The summed E-state index contributed by atoms with van der Waals surface area (Å²) in [4.78, 5) is 4.18. The van der Waals surface area contributed by atoms with Crippen molar-refractivity contribution in [1.82, 2.24) is 4.98 Å². The van der Waals surface area contributed by atoms with Crippen molar-refractivity contribution in [2.75, 3.05) is 24.2 Å². The van der Waals surface area contributed by atoms with Crippen LogP contribution >= 0.6 is 15.9 Å². The number of hydrogen-bond donors (Lipinski definition) is 3. The second-order valence-corrected chi connectivity index (χ2v) is 4.46. The standard InChI is InChI=1S/C10H16BrN3O/c1-6(5-15)3-13-10-9(11)7(2)8(12)4-14-10/h4,6,15H,3,5,12H2,1-2H3,(H,13,14). The van der Waals surface area contributed by atoms with E-state index in [4.69, 9.17) is 10.8 Å². The van der Waals surface area contributed by atoms with Crippen molar-refractivity contribution in [2.24, 2.45) is 5.92 Å². The highest BCUT2D eigenvalue weighted by molar-refractivity contribution is 9.10. The van der Waals surface area contributed by atoms with Crippen molar-refractivity contribution in [1.29, 1.82) is 0 Å². The normalized spacial score (nSPS) is 12.5. The van der Waals surface area contributed by atoms with Crippen LogP contribution in [0, 0.1) is 12.8 Å². The third-order valence-electron chi connectivity index (χ3n) is 2.23. The fourth-order valence-corrected chi connectivity index (χ4v) is 1.52. The second-order valence-electron chi connectivity index (χ2n) is 3.67. The Kier molecular flexibility index (Phi) is 4.35. The molecule has 0 bridgehead atoms. The summed E-state index contributed by atoms with van der Waals surface area (Å²) >= 11 is 3.44. The smallest absolute Gasteiger partial charge is 0.140 e. The minimum absolute atomic E-state index is 0.165. The van der Waals surface area contributed by atoms with E-state index in [0.29, 0.717) is 12.2 Å². The first-order chi connectivity index (χ1) is 7.06. The maximum absolute atomic E-state index is 8.89. The number of rotatable bonds is 4. The Morgan fingerprint density at radius 3 is 2.93 bits per heavy atom. The number of nitrogens with one attached hydrogen (secondary N) is 1. The van der Waals surface area contributed by atoms with Crippen molar-refractivity contribution in [3.63, 3.8) is 0 Å². The maximum atomic E-state index is 8.89. The summed E-state index contributed by atoms with van der Waals surface area (Å²) in [5, 5.41) is 12.0. The van der Waals surface area contributed by atoms with Gasteiger partial charge in [0.2, 0.25) is 0 Å². The highest BCUT2D eigenvalue weighted by atomic mass is 79.9. The molecule has 1 aromatic heterocycles. The van der Waals surface area contributed by atoms with Crippen molar-refractivity contribution in [3.8, 4) is 0 Å². The van der Waals surface area contributed by atoms with Gasteiger partial charge < -0.3 is 16.2 Å². The molecule has 0 spiro atoms. The number of nitrogens with zero attached hydrogens (tertiary/aromatic N) is 1. The molecule has 0 aliphatic carbocycles. The number of halogens is 1. The van der Waals surface area contributed by atoms with Gasteiger partial charge in [-0.2, -0.15) is 0 Å². The van der Waals surface area contributed by atoms with Crippen LogP contribution in [-0.2, 0) is 0 Å². The fraction of sp³-hybridized carbons (Fsp3) is 0.500. The number of aromatic nitrogens is 1. The molecule has 0 radical (unpaired) electrons. The Morgan fingerprint density at radius 2 is 2.33 bits per heavy atom. The van der Waals surface area contributed by atoms with Gasteiger partial charge in [0, 0.05) is 13.2 Å². The van der Waals surface area contributed by atoms with Crippen LogP contribution in [0.2, 0.25) is 0 Å². The third kappa shape index (κ3) is 3.07. The summed E-state index contributed by atoms with van der Waals surface area (Å²) in [5.74, 6) is 0.971. The van der Waals surface area contributed by atoms with Crippen LogP contribution in [0.5, 0.6) is 0 Å². The van der Waals surface area contributed by atoms with Gasteiger partial charge in [0.15, 0.2) is 0 Å². The van der Waals surface area contributed by atoms with Crippen LogP contribution in [0.3, 0.4) is 0 Å². The predicted molar refractivity (Wildman–Crippen MR) is 65.8 cm³/mol. The summed E-state index contributed by atoms with van der Waals surface area (Å²) < 4.78 is 0.882. The number of aliphatic hydroxyl groups excluding tert-OH is 1. The molecule has 0 aliphatic rings. The van der Waals surface area contributed by atoms with E-state index in [-0.39, 0.29) is 12.5 Å². The van der Waals surface area contributed by atoms with Gasteiger partial charge in [-0.3, -0.25) is 0 Å². The number of hydrogen-bond acceptors (Lipinski definition) is 4. The van der Waals surface area contributed by atoms with Crippen LogP contribution in [0.4, 0.5) is 11.5 Å². The van der Waals surface area contributed by atoms with E-state index in [1.165, 1.54) is 0 Å². The van der Waals surface area contributed by atoms with Gasteiger partial charge in [-0.1, -0.05) is 6.92 Å². The Labute approximate surface area is 98.0 Å². The molecule has 0 aromatic carbocycles. The number of anilines is 2. The first-order valence-electron chi connectivity index (χ1n) is 4.81. The summed E-state index contributed by atoms with van der Waals surface area (Å²) in [7, 11) is 0. The van der Waals surface area contributed by atoms with E-state index < -0.39 is 0 Å². The molecule has 0 amide bonds. The first kappa shape index (κ1) is 12.3. The zero-order valence-corrected chi connectivity index (χ0v) is 10.5. The van der Waals surface area contributed by atoms with Crippen LogP contribution in [-0.4, -0.2) is 23.2 Å². The highest BCUT2D eigenvalue weighted by Gasteiger charge is 2.08. The average molecular weight is 274 g/mol. The van der Waals surface area contributed by atoms with Crippen molar-refractivity contribution in [3.05, 3.63) is 16.2 Å². The van der Waals surface area contributed by atoms with Gasteiger partial charge in [0.05, 0.1) is 16.4 Å². The van der Waals surface area contributed by atoms with Gasteiger partial charge in [-0.25, -0.2) is 4.98 Å². The summed E-state index contributed by atoms with van der Waals surface area (Å²) in [6.45, 7) is 4.75. The topological polar surface area (TPSA) is 71.2 Å². The molecule has 5 heteroatoms. The molecule has 84 valence electrons. The summed E-state index contributed by atoms with van der Waals surface area (Å²) in [5.41, 5.74) is 7.36. The van der Waals surface area contributed by atoms with Gasteiger partial charge in [0.1, 0.15) is 5.82 Å². The zero-order valence-electron chi connectivity index (χ0n) is 8.92. The van der Waals surface area contributed by atoms with E-state index in [1.807, 2.05) is 13.8 Å². The molecule has 1 rings (SSSR count). The van der Waals surface area contributed by atoms with Crippen LogP contribution in [0.25, 0.3) is 0 Å². The molecule has 0 saturated heterocycles. The van der Waals surface area contributed by atoms with E-state index in [9.17, 15) is 0 Å². The molecule has 4 N–H and O–H groups in total. The number of nitrogen functional groups attached to an aromatic ring is 1. The van der Waals surface area contributed by atoms with Gasteiger partial charge in [-0.05, 0) is 34.3 Å². The predicted octanol–water partition coefficient (Wildman–Crippen LogP) is 1.78. The lowest BCUT2D eigenvalue weighted by atomic mass is 10.2. The average Bonchev–Trinajstić information content (AvgIpc) is 2.24. The molecule has 1 unspecified atom stereocenters. The minimum atomic E-state index is 0.165. The lowest BCUT2D eigenvalue weighted by molar-refractivity contribution is 0.244. The quantitative estimate of drug-likeness (QED) is 0.782. The van der Waals surface area contributed by atoms with E-state index in [0.717, 1.165) is 15.9 Å². The molecule has 0 aliphatic heterocycles. The molecule has 4 nitrogen and oxygen atoms in total. The molecule has 0 fully saturated rings. The van der Waals surface area contributed by atoms with E-state index in [1.54, 1.807) is 6.20 Å². The van der Waals surface area contributed by atoms with Crippen LogP contribution < -0.4 is 11.1 Å². The SMILES string of the molecule is Cc1c(N)cnc(NCC(C)CO)c1Br. The van der Waals surface area contributed by atoms with Crippen LogP contribution in [0.15, 0.2) is 10.7 Å². The largest absolute Gasteiger partial charge is 0.397 e. The third-order valence-corrected chi connectivity index (χ3v) is 3.20. The van der Waals surface area contributed by atoms with Gasteiger partial charge in [-0.15, -0.1) is 0 Å². The first-order valence-corrected chi connectivity index (χ1v) is 5.60. The maximum Gasteiger partial charge on any atom is 0.140 e. The van der Waals surface area contributed by atoms with Crippen molar-refractivity contribution >= 4 is 27.4 Å². The molecule has 1 aromatic rings. The number of pyridine rings is 1.